The van der Waals surface area contributed by atoms with E-state index in [1.165, 1.54) is 22.0 Å². The average Bonchev–Trinajstić information content (AvgIpc) is 2.47. The molecule has 0 spiro atoms. The summed E-state index contributed by atoms with van der Waals surface area (Å²) in [6.45, 7) is 3.80. The normalized spacial score (nSPS) is 39.5. The summed E-state index contributed by atoms with van der Waals surface area (Å²) in [5.74, 6) is 0.552. The standard InChI is InChI=1S/C9H13IO2/c1-6(10)8-5-12-9-7(8)3-2-4-11-9/h7,9H,2-5H2,1H3/b8-6-/t7-,9+/m1/s1. The maximum Gasteiger partial charge on any atom is 0.164 e. The third-order valence-corrected chi connectivity index (χ3v) is 3.26. The molecule has 0 aliphatic carbocycles. The summed E-state index contributed by atoms with van der Waals surface area (Å²) in [7, 11) is 0. The predicted octanol–water partition coefficient (Wildman–Crippen LogP) is 2.48. The van der Waals surface area contributed by atoms with Gasteiger partial charge in [-0.05, 0) is 51.5 Å². The quantitative estimate of drug-likeness (QED) is 0.635. The largest absolute Gasteiger partial charge is 0.352 e. The van der Waals surface area contributed by atoms with Crippen LogP contribution < -0.4 is 0 Å². The van der Waals surface area contributed by atoms with Crippen LogP contribution >= 0.6 is 22.6 Å². The van der Waals surface area contributed by atoms with Gasteiger partial charge >= 0.3 is 0 Å². The molecule has 0 saturated carbocycles. The van der Waals surface area contributed by atoms with Crippen LogP contribution in [-0.4, -0.2) is 19.5 Å². The highest BCUT2D eigenvalue weighted by atomic mass is 127. The molecule has 2 rings (SSSR count). The molecular formula is C9H13IO2. The maximum atomic E-state index is 5.55. The average molecular weight is 280 g/mol. The highest BCUT2D eigenvalue weighted by molar-refractivity contribution is 14.1. The minimum Gasteiger partial charge on any atom is -0.352 e. The highest BCUT2D eigenvalue weighted by Gasteiger charge is 2.36. The van der Waals surface area contributed by atoms with Crippen LogP contribution in [0.4, 0.5) is 0 Å². The van der Waals surface area contributed by atoms with E-state index in [-0.39, 0.29) is 6.29 Å². The van der Waals surface area contributed by atoms with Crippen LogP contribution in [0.25, 0.3) is 0 Å². The van der Waals surface area contributed by atoms with Crippen molar-refractivity contribution in [2.75, 3.05) is 13.2 Å². The molecule has 0 N–H and O–H groups in total. The minimum absolute atomic E-state index is 0.0680. The SMILES string of the molecule is C/C(I)=C1\CO[C@@H]2OCCC[C@H]12. The first-order chi connectivity index (χ1) is 5.79. The molecule has 0 bridgehead atoms. The molecule has 12 heavy (non-hydrogen) atoms. The van der Waals surface area contributed by atoms with Crippen molar-refractivity contribution in [3.8, 4) is 0 Å². The molecule has 0 unspecified atom stereocenters. The minimum atomic E-state index is 0.0680. The number of ether oxygens (including phenoxy) is 2. The van der Waals surface area contributed by atoms with Crippen LogP contribution in [0, 0.1) is 5.92 Å². The fourth-order valence-corrected chi connectivity index (χ4v) is 2.45. The van der Waals surface area contributed by atoms with E-state index in [1.54, 1.807) is 0 Å². The van der Waals surface area contributed by atoms with E-state index in [1.807, 2.05) is 0 Å². The molecule has 2 saturated heterocycles. The van der Waals surface area contributed by atoms with Gasteiger partial charge in [0.1, 0.15) is 0 Å². The van der Waals surface area contributed by atoms with Gasteiger partial charge in [-0.1, -0.05) is 0 Å². The lowest BCUT2D eigenvalue weighted by atomic mass is 9.94. The van der Waals surface area contributed by atoms with Gasteiger partial charge in [-0.3, -0.25) is 0 Å². The molecule has 2 aliphatic heterocycles. The summed E-state index contributed by atoms with van der Waals surface area (Å²) in [5.41, 5.74) is 1.46. The maximum absolute atomic E-state index is 5.55. The first-order valence-electron chi connectivity index (χ1n) is 4.37. The van der Waals surface area contributed by atoms with Crippen molar-refractivity contribution in [1.29, 1.82) is 0 Å². The van der Waals surface area contributed by atoms with Gasteiger partial charge in [0.15, 0.2) is 6.29 Å². The number of hydrogen-bond acceptors (Lipinski definition) is 2. The van der Waals surface area contributed by atoms with Crippen molar-refractivity contribution in [2.24, 2.45) is 5.92 Å². The van der Waals surface area contributed by atoms with Crippen LogP contribution in [0.1, 0.15) is 19.8 Å². The Hall–Kier alpha value is 0.390. The third-order valence-electron chi connectivity index (χ3n) is 2.56. The van der Waals surface area contributed by atoms with E-state index in [9.17, 15) is 0 Å². The van der Waals surface area contributed by atoms with E-state index in [0.717, 1.165) is 13.2 Å². The smallest absolute Gasteiger partial charge is 0.164 e. The molecular weight excluding hydrogens is 267 g/mol. The van der Waals surface area contributed by atoms with Gasteiger partial charge in [0.25, 0.3) is 0 Å². The number of rotatable bonds is 0. The fourth-order valence-electron chi connectivity index (χ4n) is 1.89. The predicted molar refractivity (Wildman–Crippen MR) is 55.1 cm³/mol. The lowest BCUT2D eigenvalue weighted by Crippen LogP contribution is -2.26. The second-order valence-corrected chi connectivity index (χ2v) is 4.98. The van der Waals surface area contributed by atoms with Crippen LogP contribution in [0.5, 0.6) is 0 Å². The molecule has 0 radical (unpaired) electrons. The Bertz CT molecular complexity index is 209. The molecule has 2 aliphatic rings. The summed E-state index contributed by atoms with van der Waals surface area (Å²) in [6.07, 6.45) is 2.48. The van der Waals surface area contributed by atoms with Gasteiger partial charge in [-0.15, -0.1) is 0 Å². The van der Waals surface area contributed by atoms with E-state index >= 15 is 0 Å². The summed E-state index contributed by atoms with van der Waals surface area (Å²) >= 11 is 2.38. The fraction of sp³-hybridized carbons (Fsp3) is 0.778. The second kappa shape index (κ2) is 3.64. The van der Waals surface area contributed by atoms with Crippen molar-refractivity contribution in [3.63, 3.8) is 0 Å². The molecule has 0 amide bonds. The van der Waals surface area contributed by atoms with Crippen molar-refractivity contribution < 1.29 is 9.47 Å². The number of fused-ring (bicyclic) bond motifs is 1. The van der Waals surface area contributed by atoms with Gasteiger partial charge in [-0.25, -0.2) is 0 Å². The van der Waals surface area contributed by atoms with Gasteiger partial charge in [0, 0.05) is 12.5 Å². The van der Waals surface area contributed by atoms with E-state index in [0.29, 0.717) is 5.92 Å². The lowest BCUT2D eigenvalue weighted by Gasteiger charge is -2.24. The number of allylic oxidation sites excluding steroid dienone is 1. The molecule has 0 aromatic heterocycles. The van der Waals surface area contributed by atoms with Crippen molar-refractivity contribution in [3.05, 3.63) is 9.15 Å². The summed E-state index contributed by atoms with van der Waals surface area (Å²) in [4.78, 5) is 0. The Labute approximate surface area is 86.4 Å². The van der Waals surface area contributed by atoms with Crippen LogP contribution in [0.15, 0.2) is 9.15 Å². The summed E-state index contributed by atoms with van der Waals surface area (Å²) in [6, 6.07) is 0. The van der Waals surface area contributed by atoms with Crippen molar-refractivity contribution in [2.45, 2.75) is 26.1 Å². The molecule has 2 fully saturated rings. The van der Waals surface area contributed by atoms with Crippen LogP contribution in [0.3, 0.4) is 0 Å². The Kier molecular flexibility index (Phi) is 2.72. The highest BCUT2D eigenvalue weighted by Crippen LogP contribution is 2.37. The Morgan fingerprint density at radius 1 is 1.50 bits per heavy atom. The molecule has 2 heterocycles. The van der Waals surface area contributed by atoms with Gasteiger partial charge in [0.2, 0.25) is 0 Å². The molecule has 68 valence electrons. The summed E-state index contributed by atoms with van der Waals surface area (Å²) < 4.78 is 12.4. The number of halogens is 1. The van der Waals surface area contributed by atoms with Crippen molar-refractivity contribution >= 4 is 22.6 Å². The Balaban J connectivity index is 2.16. The van der Waals surface area contributed by atoms with E-state index in [2.05, 4.69) is 29.5 Å². The van der Waals surface area contributed by atoms with Crippen LogP contribution in [-0.2, 0) is 9.47 Å². The molecule has 0 aromatic rings. The summed E-state index contributed by atoms with van der Waals surface area (Å²) in [5, 5.41) is 0. The monoisotopic (exact) mass is 280 g/mol. The molecule has 0 aromatic carbocycles. The van der Waals surface area contributed by atoms with Crippen LogP contribution in [0.2, 0.25) is 0 Å². The third kappa shape index (κ3) is 1.54. The lowest BCUT2D eigenvalue weighted by molar-refractivity contribution is -0.150. The second-order valence-electron chi connectivity index (χ2n) is 3.36. The zero-order valence-electron chi connectivity index (χ0n) is 7.18. The Morgan fingerprint density at radius 2 is 2.33 bits per heavy atom. The zero-order chi connectivity index (χ0) is 8.55. The zero-order valence-corrected chi connectivity index (χ0v) is 9.34. The van der Waals surface area contributed by atoms with E-state index in [4.69, 9.17) is 9.47 Å². The van der Waals surface area contributed by atoms with Gasteiger partial charge in [0.05, 0.1) is 6.61 Å². The topological polar surface area (TPSA) is 18.5 Å². The molecule has 3 heteroatoms. The van der Waals surface area contributed by atoms with Gasteiger partial charge < -0.3 is 9.47 Å². The van der Waals surface area contributed by atoms with Gasteiger partial charge in [-0.2, -0.15) is 0 Å². The number of hydrogen-bond donors (Lipinski definition) is 0. The van der Waals surface area contributed by atoms with Crippen molar-refractivity contribution in [1.82, 2.24) is 0 Å². The Morgan fingerprint density at radius 3 is 3.08 bits per heavy atom. The molecule has 2 atom stereocenters. The first kappa shape index (κ1) is 8.97. The van der Waals surface area contributed by atoms with E-state index < -0.39 is 0 Å². The first-order valence-corrected chi connectivity index (χ1v) is 5.45. The molecule has 2 nitrogen and oxygen atoms in total.